The summed E-state index contributed by atoms with van der Waals surface area (Å²) in [5, 5.41) is 11.7. The van der Waals surface area contributed by atoms with Gasteiger partial charge in [-0.25, -0.2) is 0 Å². The number of halogens is 1. The molecule has 0 unspecified atom stereocenters. The molecule has 0 fully saturated rings. The van der Waals surface area contributed by atoms with Gasteiger partial charge in [0.15, 0.2) is 11.5 Å². The lowest BCUT2D eigenvalue weighted by Gasteiger charge is -2.16. The molecule has 0 heterocycles. The second kappa shape index (κ2) is 10.4. The van der Waals surface area contributed by atoms with Gasteiger partial charge in [-0.05, 0) is 43.5 Å². The van der Waals surface area contributed by atoms with Crippen LogP contribution in [0, 0.1) is 18.3 Å². The summed E-state index contributed by atoms with van der Waals surface area (Å²) in [6, 6.07) is 13.6. The van der Waals surface area contributed by atoms with Crippen LogP contribution in [0.3, 0.4) is 0 Å². The van der Waals surface area contributed by atoms with E-state index in [2.05, 4.69) is 11.4 Å². The van der Waals surface area contributed by atoms with Crippen molar-refractivity contribution in [3.05, 3.63) is 58.1 Å². The summed E-state index contributed by atoms with van der Waals surface area (Å²) in [6.07, 6.45) is 0.436. The molecule has 0 spiro atoms. The molecule has 142 valence electrons. The van der Waals surface area contributed by atoms with Crippen molar-refractivity contribution >= 4 is 17.5 Å². The summed E-state index contributed by atoms with van der Waals surface area (Å²) < 4.78 is 11.6. The SMILES string of the molecule is CCOc1cc(CCNC(=O)CC#N)cc(Cl)c1OCc1cccc(C)c1. The topological polar surface area (TPSA) is 71.3 Å². The van der Waals surface area contributed by atoms with E-state index in [9.17, 15) is 4.79 Å². The Kier molecular flexibility index (Phi) is 7.97. The van der Waals surface area contributed by atoms with Crippen molar-refractivity contribution in [1.82, 2.24) is 5.32 Å². The highest BCUT2D eigenvalue weighted by atomic mass is 35.5. The molecule has 0 aromatic heterocycles. The molecular formula is C21H23ClN2O3. The van der Waals surface area contributed by atoms with Crippen LogP contribution < -0.4 is 14.8 Å². The van der Waals surface area contributed by atoms with Gasteiger partial charge < -0.3 is 14.8 Å². The number of hydrogen-bond donors (Lipinski definition) is 1. The van der Waals surface area contributed by atoms with Crippen molar-refractivity contribution in [2.45, 2.75) is 33.3 Å². The van der Waals surface area contributed by atoms with E-state index >= 15 is 0 Å². The molecule has 5 nitrogen and oxygen atoms in total. The third-order valence-electron chi connectivity index (χ3n) is 3.81. The van der Waals surface area contributed by atoms with E-state index in [1.807, 2.05) is 50.2 Å². The van der Waals surface area contributed by atoms with Gasteiger partial charge in [-0.3, -0.25) is 4.79 Å². The molecule has 0 bridgehead atoms. The average Bonchev–Trinajstić information content (AvgIpc) is 2.61. The van der Waals surface area contributed by atoms with Crippen molar-refractivity contribution in [2.75, 3.05) is 13.2 Å². The van der Waals surface area contributed by atoms with Crippen molar-refractivity contribution in [3.8, 4) is 17.6 Å². The second-order valence-electron chi connectivity index (χ2n) is 6.05. The van der Waals surface area contributed by atoms with Gasteiger partial charge in [0.2, 0.25) is 5.91 Å². The molecule has 0 saturated carbocycles. The molecule has 0 radical (unpaired) electrons. The summed E-state index contributed by atoms with van der Waals surface area (Å²) in [5.41, 5.74) is 3.14. The standard InChI is InChI=1S/C21H23ClN2O3/c1-3-26-19-13-16(8-10-24-20(25)7-9-23)12-18(22)21(19)27-14-17-6-4-5-15(2)11-17/h4-6,11-13H,3,7-8,10,14H2,1-2H3,(H,24,25). The zero-order valence-electron chi connectivity index (χ0n) is 15.5. The van der Waals surface area contributed by atoms with E-state index in [0.29, 0.717) is 42.7 Å². The third-order valence-corrected chi connectivity index (χ3v) is 4.09. The smallest absolute Gasteiger partial charge is 0.234 e. The highest BCUT2D eigenvalue weighted by Gasteiger charge is 2.13. The van der Waals surface area contributed by atoms with Gasteiger partial charge in [0.05, 0.1) is 17.7 Å². The van der Waals surface area contributed by atoms with E-state index < -0.39 is 0 Å². The molecule has 2 aromatic rings. The number of nitriles is 1. The predicted molar refractivity (Wildman–Crippen MR) is 105 cm³/mol. The van der Waals surface area contributed by atoms with Gasteiger partial charge in [-0.15, -0.1) is 0 Å². The molecule has 0 aliphatic carbocycles. The minimum Gasteiger partial charge on any atom is -0.490 e. The predicted octanol–water partition coefficient (Wildman–Crippen LogP) is 4.20. The van der Waals surface area contributed by atoms with E-state index in [-0.39, 0.29) is 12.3 Å². The fourth-order valence-corrected chi connectivity index (χ4v) is 2.89. The van der Waals surface area contributed by atoms with E-state index in [1.54, 1.807) is 0 Å². The first-order valence-corrected chi connectivity index (χ1v) is 9.18. The zero-order chi connectivity index (χ0) is 19.6. The molecule has 6 heteroatoms. The van der Waals surface area contributed by atoms with Gasteiger partial charge in [-0.1, -0.05) is 41.4 Å². The normalized spacial score (nSPS) is 10.1. The molecule has 0 aliphatic rings. The molecule has 27 heavy (non-hydrogen) atoms. The Morgan fingerprint density at radius 3 is 2.74 bits per heavy atom. The van der Waals surface area contributed by atoms with E-state index in [1.165, 1.54) is 5.56 Å². The first kappa shape index (κ1) is 20.6. The first-order valence-electron chi connectivity index (χ1n) is 8.80. The average molecular weight is 387 g/mol. The van der Waals surface area contributed by atoms with Gasteiger partial charge >= 0.3 is 0 Å². The molecule has 0 saturated heterocycles. The maximum Gasteiger partial charge on any atom is 0.234 e. The molecular weight excluding hydrogens is 364 g/mol. The van der Waals surface area contributed by atoms with Crippen LogP contribution in [-0.2, 0) is 17.8 Å². The number of nitrogens with one attached hydrogen (secondary N) is 1. The first-order chi connectivity index (χ1) is 13.0. The summed E-state index contributed by atoms with van der Waals surface area (Å²) in [7, 11) is 0. The third kappa shape index (κ3) is 6.50. The number of nitrogens with zero attached hydrogens (tertiary/aromatic N) is 1. The van der Waals surface area contributed by atoms with Crippen LogP contribution in [0.1, 0.15) is 30.0 Å². The fourth-order valence-electron chi connectivity index (χ4n) is 2.61. The number of aryl methyl sites for hydroxylation is 1. The van der Waals surface area contributed by atoms with E-state index in [4.69, 9.17) is 26.3 Å². The summed E-state index contributed by atoms with van der Waals surface area (Å²) >= 11 is 6.42. The van der Waals surface area contributed by atoms with Crippen molar-refractivity contribution in [3.63, 3.8) is 0 Å². The maximum absolute atomic E-state index is 11.4. The van der Waals surface area contributed by atoms with Crippen LogP contribution >= 0.6 is 11.6 Å². The molecule has 1 N–H and O–H groups in total. The minimum atomic E-state index is -0.285. The number of carbonyl (C=O) groups excluding carboxylic acids is 1. The maximum atomic E-state index is 11.4. The number of benzene rings is 2. The molecule has 2 aromatic carbocycles. The molecule has 1 amide bonds. The summed E-state index contributed by atoms with van der Waals surface area (Å²) in [5.74, 6) is 0.806. The van der Waals surface area contributed by atoms with Crippen LogP contribution in [0.4, 0.5) is 0 Å². The number of rotatable bonds is 9. The lowest BCUT2D eigenvalue weighted by molar-refractivity contribution is -0.120. The Bertz CT molecular complexity index is 831. The van der Waals surface area contributed by atoms with Crippen molar-refractivity contribution in [1.29, 1.82) is 5.26 Å². The number of amides is 1. The van der Waals surface area contributed by atoms with Crippen LogP contribution in [0.5, 0.6) is 11.5 Å². The zero-order valence-corrected chi connectivity index (χ0v) is 16.3. The lowest BCUT2D eigenvalue weighted by Crippen LogP contribution is -2.24. The van der Waals surface area contributed by atoms with E-state index in [0.717, 1.165) is 11.1 Å². The molecule has 0 aliphatic heterocycles. The minimum absolute atomic E-state index is 0.142. The highest BCUT2D eigenvalue weighted by molar-refractivity contribution is 6.32. The molecule has 0 atom stereocenters. The van der Waals surface area contributed by atoms with Crippen LogP contribution in [-0.4, -0.2) is 19.1 Å². The van der Waals surface area contributed by atoms with Crippen LogP contribution in [0.25, 0.3) is 0 Å². The Morgan fingerprint density at radius 1 is 1.22 bits per heavy atom. The van der Waals surface area contributed by atoms with Gasteiger partial charge in [-0.2, -0.15) is 5.26 Å². The fraction of sp³-hybridized carbons (Fsp3) is 0.333. The summed E-state index contributed by atoms with van der Waals surface area (Å²) in [4.78, 5) is 11.4. The number of carbonyl (C=O) groups is 1. The lowest BCUT2D eigenvalue weighted by atomic mass is 10.1. The Hall–Kier alpha value is -2.71. The van der Waals surface area contributed by atoms with Crippen LogP contribution in [0.15, 0.2) is 36.4 Å². The van der Waals surface area contributed by atoms with Crippen molar-refractivity contribution < 1.29 is 14.3 Å². The second-order valence-corrected chi connectivity index (χ2v) is 6.46. The van der Waals surface area contributed by atoms with Crippen LogP contribution in [0.2, 0.25) is 5.02 Å². The highest BCUT2D eigenvalue weighted by Crippen LogP contribution is 2.37. The monoisotopic (exact) mass is 386 g/mol. The molecule has 2 rings (SSSR count). The quantitative estimate of drug-likeness (QED) is 0.701. The van der Waals surface area contributed by atoms with Crippen molar-refractivity contribution in [2.24, 2.45) is 0 Å². The summed E-state index contributed by atoms with van der Waals surface area (Å²) in [6.45, 7) is 5.23. The largest absolute Gasteiger partial charge is 0.490 e. The van der Waals surface area contributed by atoms with Gasteiger partial charge in [0, 0.05) is 6.54 Å². The number of ether oxygens (including phenoxy) is 2. The Labute approximate surface area is 164 Å². The number of hydrogen-bond acceptors (Lipinski definition) is 4. The Morgan fingerprint density at radius 2 is 2.04 bits per heavy atom. The van der Waals surface area contributed by atoms with Gasteiger partial charge in [0.1, 0.15) is 13.0 Å². The van der Waals surface area contributed by atoms with Gasteiger partial charge in [0.25, 0.3) is 0 Å². The Balaban J connectivity index is 2.08.